The maximum Gasteiger partial charge on any atom is 0.330 e. The van der Waals surface area contributed by atoms with E-state index in [1.165, 1.54) is 6.07 Å². The zero-order valence-electron chi connectivity index (χ0n) is 21.9. The van der Waals surface area contributed by atoms with E-state index < -0.39 is 13.0 Å². The second-order valence-electron chi connectivity index (χ2n) is 10.1. The highest BCUT2D eigenvalue weighted by atomic mass is 31.2. The van der Waals surface area contributed by atoms with Crippen molar-refractivity contribution in [3.63, 3.8) is 0 Å². The molecule has 192 valence electrons. The molecule has 2 atom stereocenters. The minimum atomic E-state index is -3.29. The fraction of sp³-hybridized carbons (Fsp3) is 0.778. The Bertz CT molecular complexity index is 694. The summed E-state index contributed by atoms with van der Waals surface area (Å²) < 4.78 is 26.1. The molecule has 0 aliphatic heterocycles. The second-order valence-corrected chi connectivity index (χ2v) is 12.3. The van der Waals surface area contributed by atoms with Gasteiger partial charge in [-0.25, -0.2) is 0 Å². The standard InChI is InChI=1S/C27H49O5P/c1-7-11-13-22(9-3)20-31-33(30,32-21-23(10-4)14-12-8-2)18-17-27(5,6)25-16-15-24(28)19-26(25)29/h15-16,19,22-23,28-29H,7-14,17-18,20-21H2,1-6H3. The first kappa shape index (κ1) is 30.0. The van der Waals surface area contributed by atoms with Crippen LogP contribution in [0.25, 0.3) is 0 Å². The summed E-state index contributed by atoms with van der Waals surface area (Å²) in [5.41, 5.74) is 0.273. The van der Waals surface area contributed by atoms with Crippen molar-refractivity contribution in [2.45, 2.75) is 105 Å². The first-order valence-corrected chi connectivity index (χ1v) is 14.7. The van der Waals surface area contributed by atoms with Crippen LogP contribution in [0.4, 0.5) is 0 Å². The summed E-state index contributed by atoms with van der Waals surface area (Å²) in [6, 6.07) is 4.65. The Morgan fingerprint density at radius 1 is 0.909 bits per heavy atom. The average Bonchev–Trinajstić information content (AvgIpc) is 2.78. The fourth-order valence-corrected chi connectivity index (χ4v) is 6.09. The molecule has 0 bridgehead atoms. The van der Waals surface area contributed by atoms with Gasteiger partial charge < -0.3 is 19.3 Å². The van der Waals surface area contributed by atoms with E-state index in [0.29, 0.717) is 37.6 Å². The monoisotopic (exact) mass is 484 g/mol. The Hall–Kier alpha value is -1.03. The smallest absolute Gasteiger partial charge is 0.330 e. The van der Waals surface area contributed by atoms with Gasteiger partial charge in [-0.1, -0.05) is 86.1 Å². The Balaban J connectivity index is 2.93. The molecule has 1 aromatic carbocycles. The molecule has 5 nitrogen and oxygen atoms in total. The van der Waals surface area contributed by atoms with Crippen LogP contribution in [0.1, 0.15) is 105 Å². The van der Waals surface area contributed by atoms with Gasteiger partial charge in [0, 0.05) is 6.07 Å². The Morgan fingerprint density at radius 3 is 1.85 bits per heavy atom. The zero-order valence-corrected chi connectivity index (χ0v) is 22.8. The molecule has 0 aliphatic rings. The van der Waals surface area contributed by atoms with Crippen LogP contribution in [0, 0.1) is 11.8 Å². The number of benzene rings is 1. The van der Waals surface area contributed by atoms with Crippen LogP contribution >= 0.6 is 7.60 Å². The summed E-state index contributed by atoms with van der Waals surface area (Å²) in [5.74, 6) is 0.851. The van der Waals surface area contributed by atoms with E-state index in [9.17, 15) is 14.8 Å². The van der Waals surface area contributed by atoms with Gasteiger partial charge in [-0.2, -0.15) is 0 Å². The van der Waals surface area contributed by atoms with Crippen LogP contribution in [0.15, 0.2) is 18.2 Å². The molecule has 0 fully saturated rings. The van der Waals surface area contributed by atoms with E-state index in [1.54, 1.807) is 12.1 Å². The van der Waals surface area contributed by atoms with Crippen LogP contribution in [0.5, 0.6) is 11.5 Å². The summed E-state index contributed by atoms with van der Waals surface area (Å²) in [7, 11) is -3.29. The van der Waals surface area contributed by atoms with Gasteiger partial charge in [-0.15, -0.1) is 0 Å². The highest BCUT2D eigenvalue weighted by molar-refractivity contribution is 7.53. The normalized spacial score (nSPS) is 15.8. The van der Waals surface area contributed by atoms with Gasteiger partial charge in [-0.05, 0) is 48.1 Å². The molecule has 0 radical (unpaired) electrons. The van der Waals surface area contributed by atoms with E-state index in [0.717, 1.165) is 56.9 Å². The minimum Gasteiger partial charge on any atom is -0.508 e. The van der Waals surface area contributed by atoms with Crippen molar-refractivity contribution < 1.29 is 23.8 Å². The van der Waals surface area contributed by atoms with Crippen LogP contribution in [0.3, 0.4) is 0 Å². The number of aromatic hydroxyl groups is 2. The summed E-state index contributed by atoms with van der Waals surface area (Å²) in [4.78, 5) is 0. The van der Waals surface area contributed by atoms with Gasteiger partial charge in [0.25, 0.3) is 0 Å². The maximum atomic E-state index is 13.9. The van der Waals surface area contributed by atoms with Crippen molar-refractivity contribution in [3.05, 3.63) is 23.8 Å². The highest BCUT2D eigenvalue weighted by Gasteiger charge is 2.32. The third kappa shape index (κ3) is 10.8. The maximum absolute atomic E-state index is 13.9. The van der Waals surface area contributed by atoms with E-state index in [1.807, 2.05) is 13.8 Å². The molecule has 33 heavy (non-hydrogen) atoms. The highest BCUT2D eigenvalue weighted by Crippen LogP contribution is 2.52. The van der Waals surface area contributed by atoms with Crippen molar-refractivity contribution in [1.82, 2.24) is 0 Å². The first-order chi connectivity index (χ1) is 15.6. The summed E-state index contributed by atoms with van der Waals surface area (Å²) >= 11 is 0. The van der Waals surface area contributed by atoms with Crippen molar-refractivity contribution in [2.24, 2.45) is 11.8 Å². The van der Waals surface area contributed by atoms with Gasteiger partial charge in [0.05, 0.1) is 19.4 Å². The summed E-state index contributed by atoms with van der Waals surface area (Å²) in [5, 5.41) is 20.0. The van der Waals surface area contributed by atoms with Gasteiger partial charge in [0.1, 0.15) is 11.5 Å². The van der Waals surface area contributed by atoms with Gasteiger partial charge in [0.15, 0.2) is 0 Å². The van der Waals surface area contributed by atoms with Crippen molar-refractivity contribution >= 4 is 7.60 Å². The number of hydrogen-bond donors (Lipinski definition) is 2. The number of phenols is 2. The largest absolute Gasteiger partial charge is 0.508 e. The van der Waals surface area contributed by atoms with Gasteiger partial charge >= 0.3 is 7.60 Å². The minimum absolute atomic E-state index is 0.0276. The predicted molar refractivity (Wildman–Crippen MR) is 138 cm³/mol. The lowest BCUT2D eigenvalue weighted by Gasteiger charge is -2.29. The van der Waals surface area contributed by atoms with Crippen LogP contribution < -0.4 is 0 Å². The molecular formula is C27H49O5P. The molecule has 2 N–H and O–H groups in total. The summed E-state index contributed by atoms with van der Waals surface area (Å²) in [6.07, 6.45) is 9.58. The Morgan fingerprint density at radius 2 is 1.42 bits per heavy atom. The molecule has 1 aromatic rings. The first-order valence-electron chi connectivity index (χ1n) is 13.0. The molecule has 1 rings (SSSR count). The number of unbranched alkanes of at least 4 members (excludes halogenated alkanes) is 2. The molecule has 0 saturated heterocycles. The van der Waals surface area contributed by atoms with E-state index in [-0.39, 0.29) is 11.5 Å². The molecular weight excluding hydrogens is 435 g/mol. The van der Waals surface area contributed by atoms with Gasteiger partial charge in [0.2, 0.25) is 0 Å². The molecule has 0 amide bonds. The number of rotatable bonds is 18. The SMILES string of the molecule is CCCCC(CC)COP(=O)(CCC(C)(C)c1ccc(O)cc1O)OCC(CC)CCCC. The number of phenolic OH excluding ortho intramolecular Hbond substituents is 2. The summed E-state index contributed by atoms with van der Waals surface area (Å²) in [6.45, 7) is 13.6. The van der Waals surface area contributed by atoms with Crippen LogP contribution in [0.2, 0.25) is 0 Å². The molecule has 0 spiro atoms. The molecule has 2 unspecified atom stereocenters. The van der Waals surface area contributed by atoms with E-state index in [2.05, 4.69) is 27.7 Å². The number of hydrogen-bond acceptors (Lipinski definition) is 5. The van der Waals surface area contributed by atoms with Crippen molar-refractivity contribution in [2.75, 3.05) is 19.4 Å². The van der Waals surface area contributed by atoms with Crippen molar-refractivity contribution in [1.29, 1.82) is 0 Å². The third-order valence-electron chi connectivity index (χ3n) is 6.82. The lowest BCUT2D eigenvalue weighted by molar-refractivity contribution is 0.150. The molecule has 6 heteroatoms. The predicted octanol–water partition coefficient (Wildman–Crippen LogP) is 8.42. The fourth-order valence-electron chi connectivity index (χ4n) is 4.04. The van der Waals surface area contributed by atoms with E-state index in [4.69, 9.17) is 9.05 Å². The quantitative estimate of drug-likeness (QED) is 0.204. The van der Waals surface area contributed by atoms with Crippen LogP contribution in [-0.4, -0.2) is 29.6 Å². The second kappa shape index (κ2) is 15.1. The average molecular weight is 485 g/mol. The lowest BCUT2D eigenvalue weighted by Crippen LogP contribution is -2.21. The lowest BCUT2D eigenvalue weighted by atomic mass is 9.81. The Kier molecular flexibility index (Phi) is 13.7. The van der Waals surface area contributed by atoms with Gasteiger partial charge in [-0.3, -0.25) is 4.57 Å². The Labute approximate surface area is 202 Å². The molecule has 0 aromatic heterocycles. The zero-order chi connectivity index (χ0) is 24.9. The molecule has 0 aliphatic carbocycles. The van der Waals surface area contributed by atoms with Crippen LogP contribution in [-0.2, 0) is 19.0 Å². The van der Waals surface area contributed by atoms with E-state index >= 15 is 0 Å². The molecule has 0 saturated carbocycles. The topological polar surface area (TPSA) is 76.0 Å². The third-order valence-corrected chi connectivity index (χ3v) is 8.68. The van der Waals surface area contributed by atoms with Crippen molar-refractivity contribution in [3.8, 4) is 11.5 Å². The molecule has 0 heterocycles.